The van der Waals surface area contributed by atoms with E-state index >= 15 is 0 Å². The Morgan fingerprint density at radius 1 is 1.26 bits per heavy atom. The predicted octanol–water partition coefficient (Wildman–Crippen LogP) is 2.92. The van der Waals surface area contributed by atoms with E-state index in [9.17, 15) is 18.0 Å². The number of hydrogen-bond donors (Lipinski definition) is 2. The standard InChI is InChI=1S/C17H18F3N5O2/c1-2-3-12-8-14(26)25-16(22-12)23-15(24-25)21-9-11-4-6-13(7-5-11)27-10-17(18,19)20/h4-8H,2-3,9-10H2,1H3,(H2,21,22,23,24). The van der Waals surface area contributed by atoms with Crippen LogP contribution in [0, 0.1) is 0 Å². The summed E-state index contributed by atoms with van der Waals surface area (Å²) < 4.78 is 42.2. The third-order valence-electron chi connectivity index (χ3n) is 3.68. The molecule has 0 saturated heterocycles. The molecule has 3 rings (SSSR count). The van der Waals surface area contributed by atoms with Gasteiger partial charge in [-0.3, -0.25) is 4.79 Å². The van der Waals surface area contributed by atoms with E-state index in [2.05, 4.69) is 25.1 Å². The van der Waals surface area contributed by atoms with Gasteiger partial charge < -0.3 is 15.0 Å². The monoisotopic (exact) mass is 381 g/mol. The summed E-state index contributed by atoms with van der Waals surface area (Å²) in [5, 5.41) is 7.09. The van der Waals surface area contributed by atoms with Crippen LogP contribution < -0.4 is 15.6 Å². The Labute approximate surface area is 152 Å². The topological polar surface area (TPSA) is 84.3 Å². The number of H-pyrrole nitrogens is 1. The maximum Gasteiger partial charge on any atom is 0.422 e. The van der Waals surface area contributed by atoms with E-state index in [1.807, 2.05) is 6.92 Å². The van der Waals surface area contributed by atoms with Crippen LogP contribution in [-0.2, 0) is 13.0 Å². The van der Waals surface area contributed by atoms with E-state index in [1.165, 1.54) is 22.7 Å². The minimum absolute atomic E-state index is 0.135. The van der Waals surface area contributed by atoms with E-state index in [4.69, 9.17) is 0 Å². The van der Waals surface area contributed by atoms with Crippen LogP contribution in [-0.4, -0.2) is 32.4 Å². The van der Waals surface area contributed by atoms with Crippen molar-refractivity contribution in [2.75, 3.05) is 11.9 Å². The molecule has 0 saturated carbocycles. The van der Waals surface area contributed by atoms with Gasteiger partial charge in [0.1, 0.15) is 5.75 Å². The second kappa shape index (κ2) is 7.68. The highest BCUT2D eigenvalue weighted by atomic mass is 19.4. The molecule has 0 aliphatic heterocycles. The fourth-order valence-corrected chi connectivity index (χ4v) is 2.47. The molecule has 0 aliphatic carbocycles. The van der Waals surface area contributed by atoms with Crippen LogP contribution in [0.3, 0.4) is 0 Å². The van der Waals surface area contributed by atoms with Crippen molar-refractivity contribution in [3.8, 4) is 5.75 Å². The van der Waals surface area contributed by atoms with Crippen LogP contribution in [0.5, 0.6) is 5.75 Å². The van der Waals surface area contributed by atoms with E-state index in [1.54, 1.807) is 12.1 Å². The highest BCUT2D eigenvalue weighted by Crippen LogP contribution is 2.19. The summed E-state index contributed by atoms with van der Waals surface area (Å²) in [5.74, 6) is 0.759. The van der Waals surface area contributed by atoms with Gasteiger partial charge in [-0.05, 0) is 24.1 Å². The highest BCUT2D eigenvalue weighted by Gasteiger charge is 2.28. The van der Waals surface area contributed by atoms with Gasteiger partial charge in [-0.2, -0.15) is 22.7 Å². The number of rotatable bonds is 7. The van der Waals surface area contributed by atoms with Crippen LogP contribution in [0.1, 0.15) is 24.6 Å². The second-order valence-electron chi connectivity index (χ2n) is 5.95. The van der Waals surface area contributed by atoms with E-state index < -0.39 is 12.8 Å². The highest BCUT2D eigenvalue weighted by molar-refractivity contribution is 5.38. The van der Waals surface area contributed by atoms with Crippen molar-refractivity contribution < 1.29 is 17.9 Å². The smallest absolute Gasteiger partial charge is 0.422 e. The summed E-state index contributed by atoms with van der Waals surface area (Å²) in [6.45, 7) is 1.02. The Balaban J connectivity index is 1.64. The summed E-state index contributed by atoms with van der Waals surface area (Å²) in [7, 11) is 0. The number of benzene rings is 1. The van der Waals surface area contributed by atoms with Gasteiger partial charge in [-0.15, -0.1) is 5.10 Å². The average molecular weight is 381 g/mol. The van der Waals surface area contributed by atoms with Crippen molar-refractivity contribution in [3.05, 3.63) is 51.9 Å². The lowest BCUT2D eigenvalue weighted by atomic mass is 10.2. The minimum atomic E-state index is -4.37. The molecule has 0 radical (unpaired) electrons. The van der Waals surface area contributed by atoms with Gasteiger partial charge in [0, 0.05) is 18.3 Å². The fraction of sp³-hybridized carbons (Fsp3) is 0.353. The van der Waals surface area contributed by atoms with Crippen LogP contribution in [0.25, 0.3) is 5.78 Å². The van der Waals surface area contributed by atoms with Crippen molar-refractivity contribution in [1.29, 1.82) is 0 Å². The van der Waals surface area contributed by atoms with Gasteiger partial charge in [0.05, 0.1) is 0 Å². The second-order valence-corrected chi connectivity index (χ2v) is 5.95. The fourth-order valence-electron chi connectivity index (χ4n) is 2.47. The number of halogens is 3. The molecule has 0 fully saturated rings. The van der Waals surface area contributed by atoms with E-state index in [-0.39, 0.29) is 17.3 Å². The predicted molar refractivity (Wildman–Crippen MR) is 92.9 cm³/mol. The maximum atomic E-state index is 12.1. The molecule has 27 heavy (non-hydrogen) atoms. The number of aryl methyl sites for hydroxylation is 1. The molecular weight excluding hydrogens is 363 g/mol. The molecule has 3 aromatic rings. The molecule has 2 aromatic heterocycles. The zero-order valence-electron chi connectivity index (χ0n) is 14.5. The van der Waals surface area contributed by atoms with E-state index in [0.717, 1.165) is 24.1 Å². The zero-order valence-corrected chi connectivity index (χ0v) is 14.5. The van der Waals surface area contributed by atoms with Crippen molar-refractivity contribution in [1.82, 2.24) is 19.6 Å². The quantitative estimate of drug-likeness (QED) is 0.657. The molecule has 0 unspecified atom stereocenters. The Kier molecular flexibility index (Phi) is 5.33. The average Bonchev–Trinajstić information content (AvgIpc) is 3.02. The first-order valence-corrected chi connectivity index (χ1v) is 8.35. The molecule has 10 heteroatoms. The third kappa shape index (κ3) is 4.99. The van der Waals surface area contributed by atoms with Gasteiger partial charge in [0.25, 0.3) is 5.56 Å². The Morgan fingerprint density at radius 3 is 2.67 bits per heavy atom. The number of aromatic amines is 1. The summed E-state index contributed by atoms with van der Waals surface area (Å²) in [6.07, 6.45) is -2.73. The first kappa shape index (κ1) is 18.7. The molecule has 144 valence electrons. The van der Waals surface area contributed by atoms with Crippen LogP contribution >= 0.6 is 0 Å². The van der Waals surface area contributed by atoms with Gasteiger partial charge in [-0.25, -0.2) is 0 Å². The first-order chi connectivity index (χ1) is 12.8. The lowest BCUT2D eigenvalue weighted by Gasteiger charge is -2.09. The molecule has 2 N–H and O–H groups in total. The minimum Gasteiger partial charge on any atom is -0.484 e. The number of anilines is 1. The molecule has 0 atom stereocenters. The lowest BCUT2D eigenvalue weighted by molar-refractivity contribution is -0.153. The molecule has 0 bridgehead atoms. The Morgan fingerprint density at radius 2 is 2.00 bits per heavy atom. The molecule has 0 spiro atoms. The SMILES string of the molecule is CCCc1cc(=O)n2nc(NCc3ccc(OCC(F)(F)F)cc3)nc2[nH]1. The summed E-state index contributed by atoms with van der Waals surface area (Å²) in [5.41, 5.74) is 1.33. The van der Waals surface area contributed by atoms with Crippen LogP contribution in [0.15, 0.2) is 35.1 Å². The molecule has 2 heterocycles. The van der Waals surface area contributed by atoms with E-state index in [0.29, 0.717) is 12.3 Å². The zero-order chi connectivity index (χ0) is 19.4. The first-order valence-electron chi connectivity index (χ1n) is 8.35. The lowest BCUT2D eigenvalue weighted by Crippen LogP contribution is -2.19. The number of aromatic nitrogens is 4. The van der Waals surface area contributed by atoms with Crippen molar-refractivity contribution in [2.24, 2.45) is 0 Å². The van der Waals surface area contributed by atoms with Crippen LogP contribution in [0.4, 0.5) is 19.1 Å². The normalized spacial score (nSPS) is 11.7. The number of hydrogen-bond acceptors (Lipinski definition) is 5. The molecule has 7 nitrogen and oxygen atoms in total. The summed E-state index contributed by atoms with van der Waals surface area (Å²) in [6, 6.07) is 7.69. The number of fused-ring (bicyclic) bond motifs is 1. The number of nitrogens with zero attached hydrogens (tertiary/aromatic N) is 3. The summed E-state index contributed by atoms with van der Waals surface area (Å²) >= 11 is 0. The van der Waals surface area contributed by atoms with Gasteiger partial charge in [-0.1, -0.05) is 25.5 Å². The largest absolute Gasteiger partial charge is 0.484 e. The van der Waals surface area contributed by atoms with Crippen LogP contribution in [0.2, 0.25) is 0 Å². The Bertz CT molecular complexity index is 963. The van der Waals surface area contributed by atoms with Gasteiger partial charge in [0.15, 0.2) is 6.61 Å². The summed E-state index contributed by atoms with van der Waals surface area (Å²) in [4.78, 5) is 19.4. The van der Waals surface area contributed by atoms with Gasteiger partial charge >= 0.3 is 6.18 Å². The Hall–Kier alpha value is -3.04. The molecule has 0 amide bonds. The molecule has 0 aliphatic rings. The van der Waals surface area contributed by atoms with Crippen molar-refractivity contribution >= 4 is 11.7 Å². The number of nitrogens with one attached hydrogen (secondary N) is 2. The molecular formula is C17H18F3N5O2. The van der Waals surface area contributed by atoms with Gasteiger partial charge in [0.2, 0.25) is 11.7 Å². The number of alkyl halides is 3. The maximum absolute atomic E-state index is 12.1. The van der Waals surface area contributed by atoms with Crippen molar-refractivity contribution in [3.63, 3.8) is 0 Å². The third-order valence-corrected chi connectivity index (χ3v) is 3.68. The molecule has 1 aromatic carbocycles. The van der Waals surface area contributed by atoms with Crippen molar-refractivity contribution in [2.45, 2.75) is 32.5 Å². The number of ether oxygens (including phenoxy) is 1.